The Balaban J connectivity index is 2.58. The van der Waals surface area contributed by atoms with Crippen LogP contribution in [0.5, 0.6) is 0 Å². The summed E-state index contributed by atoms with van der Waals surface area (Å²) in [7, 11) is 1.86. The maximum Gasteiger partial charge on any atom is 0.159 e. The van der Waals surface area contributed by atoms with Gasteiger partial charge in [-0.05, 0) is 19.9 Å². The number of hydrogen-bond donors (Lipinski definition) is 1. The normalized spacial score (nSPS) is 13.7. The Labute approximate surface area is 105 Å². The first-order valence-electron chi connectivity index (χ1n) is 5.42. The van der Waals surface area contributed by atoms with E-state index in [4.69, 9.17) is 17.3 Å². The fraction of sp³-hybridized carbons (Fsp3) is 0.333. The number of rotatable bonds is 2. The van der Waals surface area contributed by atoms with Crippen LogP contribution >= 0.6 is 11.6 Å². The highest BCUT2D eigenvalue weighted by molar-refractivity contribution is 6.31. The quantitative estimate of drug-likeness (QED) is 0.832. The molecule has 2 heterocycles. The predicted octanol–water partition coefficient (Wildman–Crippen LogP) is 2.29. The van der Waals surface area contributed by atoms with Crippen molar-refractivity contribution in [2.24, 2.45) is 12.8 Å². The van der Waals surface area contributed by atoms with Crippen LogP contribution in [0.15, 0.2) is 12.1 Å². The van der Waals surface area contributed by atoms with E-state index in [9.17, 15) is 0 Å². The summed E-state index contributed by atoms with van der Waals surface area (Å²) in [5.74, 6) is 0. The lowest BCUT2D eigenvalue weighted by Crippen LogP contribution is -2.09. The van der Waals surface area contributed by atoms with Crippen molar-refractivity contribution in [1.82, 2.24) is 14.8 Å². The van der Waals surface area contributed by atoms with Crippen LogP contribution in [0.3, 0.4) is 0 Å². The zero-order valence-electron chi connectivity index (χ0n) is 10.1. The number of aromatic nitrogens is 3. The molecule has 2 N–H and O–H groups in total. The molecule has 0 bridgehead atoms. The Kier molecular flexibility index (Phi) is 3.17. The molecule has 2 aromatic heterocycles. The van der Waals surface area contributed by atoms with Crippen LogP contribution in [0.4, 0.5) is 0 Å². The van der Waals surface area contributed by atoms with Gasteiger partial charge in [0, 0.05) is 24.0 Å². The number of hydrogen-bond acceptors (Lipinski definition) is 3. The lowest BCUT2D eigenvalue weighted by atomic mass is 10.2. The van der Waals surface area contributed by atoms with Gasteiger partial charge in [0.1, 0.15) is 5.15 Å². The summed E-state index contributed by atoms with van der Waals surface area (Å²) in [5.41, 5.74) is 8.28. The van der Waals surface area contributed by atoms with Crippen molar-refractivity contribution in [1.29, 1.82) is 0 Å². The molecule has 0 aliphatic heterocycles. The van der Waals surface area contributed by atoms with Gasteiger partial charge >= 0.3 is 0 Å². The van der Waals surface area contributed by atoms with Crippen LogP contribution in [0.1, 0.15) is 18.2 Å². The van der Waals surface area contributed by atoms with Gasteiger partial charge in [0.25, 0.3) is 0 Å². The predicted molar refractivity (Wildman–Crippen MR) is 70.9 cm³/mol. The van der Waals surface area contributed by atoms with Gasteiger partial charge in [0.2, 0.25) is 0 Å². The molecule has 2 aromatic rings. The monoisotopic (exact) mass is 250 g/mol. The molecule has 0 spiro atoms. The van der Waals surface area contributed by atoms with Crippen molar-refractivity contribution in [3.05, 3.63) is 28.6 Å². The molecule has 1 unspecified atom stereocenters. The van der Waals surface area contributed by atoms with Crippen molar-refractivity contribution >= 4 is 28.7 Å². The number of fused-ring (bicyclic) bond motifs is 1. The highest BCUT2D eigenvalue weighted by Gasteiger charge is 2.09. The summed E-state index contributed by atoms with van der Waals surface area (Å²) in [6, 6.07) is 1.99. The maximum atomic E-state index is 6.12. The second-order valence-corrected chi connectivity index (χ2v) is 4.52. The van der Waals surface area contributed by atoms with E-state index < -0.39 is 0 Å². The van der Waals surface area contributed by atoms with Gasteiger partial charge in [-0.3, -0.25) is 4.68 Å². The van der Waals surface area contributed by atoms with Crippen LogP contribution in [0.2, 0.25) is 5.15 Å². The lowest BCUT2D eigenvalue weighted by Gasteiger charge is -2.01. The number of pyridine rings is 1. The topological polar surface area (TPSA) is 56.7 Å². The summed E-state index contributed by atoms with van der Waals surface area (Å²) in [5, 5.41) is 5.80. The molecule has 0 aliphatic rings. The smallest absolute Gasteiger partial charge is 0.159 e. The highest BCUT2D eigenvalue weighted by atomic mass is 35.5. The fourth-order valence-electron chi connectivity index (χ4n) is 1.71. The van der Waals surface area contributed by atoms with E-state index in [2.05, 4.69) is 10.1 Å². The van der Waals surface area contributed by atoms with Crippen LogP contribution < -0.4 is 5.73 Å². The van der Waals surface area contributed by atoms with Gasteiger partial charge in [0.15, 0.2) is 5.65 Å². The molecule has 1 atom stereocenters. The van der Waals surface area contributed by atoms with E-state index in [1.807, 2.05) is 39.1 Å². The van der Waals surface area contributed by atoms with Gasteiger partial charge in [-0.2, -0.15) is 5.10 Å². The third-order valence-electron chi connectivity index (χ3n) is 2.56. The second-order valence-electron chi connectivity index (χ2n) is 4.17. The number of aryl methyl sites for hydroxylation is 2. The minimum atomic E-state index is -0.00300. The van der Waals surface area contributed by atoms with E-state index in [1.165, 1.54) is 0 Å². The third-order valence-corrected chi connectivity index (χ3v) is 2.86. The van der Waals surface area contributed by atoms with Crippen molar-refractivity contribution in [2.45, 2.75) is 19.9 Å². The lowest BCUT2D eigenvalue weighted by molar-refractivity contribution is 0.774. The minimum Gasteiger partial charge on any atom is -0.325 e. The third kappa shape index (κ3) is 2.33. The number of nitrogens with two attached hydrogens (primary N) is 1. The largest absolute Gasteiger partial charge is 0.325 e. The Bertz CT molecular complexity index is 584. The molecule has 0 radical (unpaired) electrons. The SMILES string of the molecule is Cc1nn(C)c2nc(Cl)c(/C=C/C(C)N)cc12. The molecule has 0 amide bonds. The molecule has 0 saturated heterocycles. The summed E-state index contributed by atoms with van der Waals surface area (Å²) < 4.78 is 1.73. The van der Waals surface area contributed by atoms with Gasteiger partial charge in [-0.15, -0.1) is 0 Å². The van der Waals surface area contributed by atoms with Crippen LogP contribution in [-0.2, 0) is 7.05 Å². The molecule has 5 heteroatoms. The van der Waals surface area contributed by atoms with Crippen LogP contribution in [-0.4, -0.2) is 20.8 Å². The molecule has 4 nitrogen and oxygen atoms in total. The molecular weight excluding hydrogens is 236 g/mol. The second kappa shape index (κ2) is 4.47. The van der Waals surface area contributed by atoms with Gasteiger partial charge < -0.3 is 5.73 Å². The van der Waals surface area contributed by atoms with Gasteiger partial charge in [-0.1, -0.05) is 23.8 Å². The minimum absolute atomic E-state index is 0.00300. The summed E-state index contributed by atoms with van der Waals surface area (Å²) >= 11 is 6.12. The van der Waals surface area contributed by atoms with E-state index in [-0.39, 0.29) is 6.04 Å². The van der Waals surface area contributed by atoms with Crippen molar-refractivity contribution in [2.75, 3.05) is 0 Å². The average Bonchev–Trinajstić information content (AvgIpc) is 2.51. The fourth-order valence-corrected chi connectivity index (χ4v) is 1.91. The molecule has 2 rings (SSSR count). The van der Waals surface area contributed by atoms with E-state index in [0.717, 1.165) is 22.3 Å². The molecule has 17 heavy (non-hydrogen) atoms. The Morgan fingerprint density at radius 2 is 2.24 bits per heavy atom. The van der Waals surface area contributed by atoms with E-state index in [0.29, 0.717) is 5.15 Å². The van der Waals surface area contributed by atoms with Gasteiger partial charge in [0.05, 0.1) is 5.69 Å². The van der Waals surface area contributed by atoms with Crippen molar-refractivity contribution < 1.29 is 0 Å². The molecule has 0 aromatic carbocycles. The molecular formula is C12H15ClN4. The Morgan fingerprint density at radius 3 is 2.88 bits per heavy atom. The van der Waals surface area contributed by atoms with Crippen molar-refractivity contribution in [3.8, 4) is 0 Å². The summed E-state index contributed by atoms with van der Waals surface area (Å²) in [6.45, 7) is 3.86. The van der Waals surface area contributed by atoms with Crippen LogP contribution in [0, 0.1) is 6.92 Å². The average molecular weight is 251 g/mol. The first kappa shape index (κ1) is 12.1. The number of nitrogens with zero attached hydrogens (tertiary/aromatic N) is 3. The Hall–Kier alpha value is -1.39. The van der Waals surface area contributed by atoms with Crippen molar-refractivity contribution in [3.63, 3.8) is 0 Å². The molecule has 0 aliphatic carbocycles. The summed E-state index contributed by atoms with van der Waals surface area (Å²) in [6.07, 6.45) is 3.78. The molecule has 0 fully saturated rings. The first-order valence-corrected chi connectivity index (χ1v) is 5.80. The molecule has 90 valence electrons. The van der Waals surface area contributed by atoms with E-state index in [1.54, 1.807) is 4.68 Å². The zero-order valence-corrected chi connectivity index (χ0v) is 10.9. The standard InChI is InChI=1S/C12H15ClN4/c1-7(14)4-5-9-6-10-8(2)16-17(3)12(10)15-11(9)13/h4-7H,14H2,1-3H3/b5-4+. The maximum absolute atomic E-state index is 6.12. The first-order chi connectivity index (χ1) is 7.99. The van der Waals surface area contributed by atoms with Gasteiger partial charge in [-0.25, -0.2) is 4.98 Å². The number of halogens is 1. The van der Waals surface area contributed by atoms with Crippen LogP contribution in [0.25, 0.3) is 17.1 Å². The summed E-state index contributed by atoms with van der Waals surface area (Å²) in [4.78, 5) is 4.35. The Morgan fingerprint density at radius 1 is 1.53 bits per heavy atom. The van der Waals surface area contributed by atoms with E-state index >= 15 is 0 Å². The highest BCUT2D eigenvalue weighted by Crippen LogP contribution is 2.23. The zero-order chi connectivity index (χ0) is 12.6. The molecule has 0 saturated carbocycles.